The van der Waals surface area contributed by atoms with Gasteiger partial charge >= 0.3 is 5.97 Å². The number of hydrogen-bond acceptors (Lipinski definition) is 5. The fourth-order valence-corrected chi connectivity index (χ4v) is 1.74. The zero-order valence-corrected chi connectivity index (χ0v) is 12.1. The van der Waals surface area contributed by atoms with Crippen LogP contribution in [0.5, 0.6) is 5.75 Å². The van der Waals surface area contributed by atoms with Crippen molar-refractivity contribution < 1.29 is 24.2 Å². The third-order valence-corrected chi connectivity index (χ3v) is 3.09. The normalized spacial score (nSPS) is 13.4. The summed E-state index contributed by atoms with van der Waals surface area (Å²) >= 11 is 5.68. The first-order valence-corrected chi connectivity index (χ1v) is 6.58. The van der Waals surface area contributed by atoms with Gasteiger partial charge in [-0.2, -0.15) is 0 Å². The highest BCUT2D eigenvalue weighted by atomic mass is 35.5. The summed E-state index contributed by atoms with van der Waals surface area (Å²) in [5, 5.41) is 8.56. The van der Waals surface area contributed by atoms with Gasteiger partial charge in [-0.15, -0.1) is 11.6 Å². The number of aliphatic hydroxyl groups is 1. The third-order valence-electron chi connectivity index (χ3n) is 2.67. The molecule has 0 aliphatic carbocycles. The van der Waals surface area contributed by atoms with Gasteiger partial charge in [-0.1, -0.05) is 12.1 Å². The molecule has 0 fully saturated rings. The molecule has 5 nitrogen and oxygen atoms in total. The average molecular weight is 301 g/mol. The lowest BCUT2D eigenvalue weighted by atomic mass is 10.0. The molecule has 0 saturated carbocycles. The van der Waals surface area contributed by atoms with Crippen molar-refractivity contribution in [2.24, 2.45) is 0 Å². The summed E-state index contributed by atoms with van der Waals surface area (Å²) in [5.41, 5.74) is 0.548. The lowest BCUT2D eigenvalue weighted by Gasteiger charge is -2.13. The number of methoxy groups -OCH3 is 1. The van der Waals surface area contributed by atoms with Crippen LogP contribution >= 0.6 is 11.6 Å². The first kappa shape index (κ1) is 16.5. The summed E-state index contributed by atoms with van der Waals surface area (Å²) in [4.78, 5) is 23.1. The van der Waals surface area contributed by atoms with Crippen molar-refractivity contribution in [1.29, 1.82) is 0 Å². The van der Waals surface area contributed by atoms with Gasteiger partial charge in [0.25, 0.3) is 0 Å². The summed E-state index contributed by atoms with van der Waals surface area (Å²) in [7, 11) is 1.53. The predicted molar refractivity (Wildman–Crippen MR) is 73.9 cm³/mol. The van der Waals surface area contributed by atoms with E-state index in [4.69, 9.17) is 16.3 Å². The molecular formula is C14H17ClO5. The van der Waals surface area contributed by atoms with Crippen LogP contribution in [0.15, 0.2) is 24.3 Å². The van der Waals surface area contributed by atoms with Crippen LogP contribution in [0.4, 0.5) is 0 Å². The average Bonchev–Trinajstić information content (AvgIpc) is 2.46. The second-order valence-electron chi connectivity index (χ2n) is 4.07. The van der Waals surface area contributed by atoms with Gasteiger partial charge in [0.15, 0.2) is 11.2 Å². The largest absolute Gasteiger partial charge is 0.497 e. The molecule has 20 heavy (non-hydrogen) atoms. The molecule has 0 amide bonds. The molecule has 110 valence electrons. The Morgan fingerprint density at radius 3 is 2.40 bits per heavy atom. The van der Waals surface area contributed by atoms with Crippen molar-refractivity contribution in [3.8, 4) is 5.75 Å². The van der Waals surface area contributed by atoms with Gasteiger partial charge in [-0.05, 0) is 24.6 Å². The van der Waals surface area contributed by atoms with Crippen LogP contribution in [0, 0.1) is 0 Å². The van der Waals surface area contributed by atoms with E-state index in [0.29, 0.717) is 11.3 Å². The zero-order chi connectivity index (χ0) is 15.1. The summed E-state index contributed by atoms with van der Waals surface area (Å²) in [6.07, 6.45) is -1.27. The van der Waals surface area contributed by atoms with Crippen LogP contribution in [0.3, 0.4) is 0 Å². The number of carbonyl (C=O) groups is 2. The molecule has 0 saturated heterocycles. The fourth-order valence-electron chi connectivity index (χ4n) is 1.58. The Hall–Kier alpha value is -1.59. The molecule has 0 bridgehead atoms. The van der Waals surface area contributed by atoms with Crippen molar-refractivity contribution in [2.45, 2.75) is 24.8 Å². The summed E-state index contributed by atoms with van der Waals surface area (Å²) in [5.74, 6) is -0.719. The number of ketones is 1. The Kier molecular flexibility index (Phi) is 6.48. The van der Waals surface area contributed by atoms with Gasteiger partial charge in [0, 0.05) is 6.42 Å². The first-order valence-electron chi connectivity index (χ1n) is 6.15. The Bertz CT molecular complexity index is 457. The van der Waals surface area contributed by atoms with Crippen LogP contribution in [-0.2, 0) is 14.3 Å². The van der Waals surface area contributed by atoms with E-state index in [1.165, 1.54) is 7.11 Å². The minimum atomic E-state index is -1.39. The SMILES string of the molecule is CCOC(=O)C(Cl)C(=O)CC(O)c1ccc(OC)cc1. The quantitative estimate of drug-likeness (QED) is 0.473. The van der Waals surface area contributed by atoms with Crippen molar-refractivity contribution in [1.82, 2.24) is 0 Å². The molecule has 1 rings (SSSR count). The van der Waals surface area contributed by atoms with E-state index in [1.807, 2.05) is 0 Å². The molecule has 0 heterocycles. The number of Topliss-reactive ketones (excluding diaryl/α,β-unsaturated/α-hetero) is 1. The topological polar surface area (TPSA) is 72.8 Å². The van der Waals surface area contributed by atoms with Crippen molar-refractivity contribution in [3.63, 3.8) is 0 Å². The van der Waals surface area contributed by atoms with E-state index >= 15 is 0 Å². The second-order valence-corrected chi connectivity index (χ2v) is 4.51. The van der Waals surface area contributed by atoms with Crippen molar-refractivity contribution in [3.05, 3.63) is 29.8 Å². The van der Waals surface area contributed by atoms with Crippen LogP contribution in [0.2, 0.25) is 0 Å². The number of alkyl halides is 1. The molecule has 2 unspecified atom stereocenters. The van der Waals surface area contributed by atoms with Gasteiger partial charge < -0.3 is 14.6 Å². The molecule has 1 N–H and O–H groups in total. The molecule has 0 aliphatic rings. The van der Waals surface area contributed by atoms with Crippen molar-refractivity contribution >= 4 is 23.4 Å². The van der Waals surface area contributed by atoms with Crippen LogP contribution < -0.4 is 4.74 Å². The smallest absolute Gasteiger partial charge is 0.331 e. The molecule has 0 spiro atoms. The number of esters is 1. The fraction of sp³-hybridized carbons (Fsp3) is 0.429. The molecule has 6 heteroatoms. The summed E-state index contributed by atoms with van der Waals surface area (Å²) in [6, 6.07) is 6.63. The van der Waals surface area contributed by atoms with E-state index in [9.17, 15) is 14.7 Å². The van der Waals surface area contributed by atoms with Gasteiger partial charge in [-0.25, -0.2) is 4.79 Å². The molecule has 2 atom stereocenters. The Balaban J connectivity index is 2.62. The lowest BCUT2D eigenvalue weighted by molar-refractivity contribution is -0.145. The zero-order valence-electron chi connectivity index (χ0n) is 11.3. The van der Waals surface area contributed by atoms with Crippen LogP contribution in [-0.4, -0.2) is 36.0 Å². The second kappa shape index (κ2) is 7.87. The maximum atomic E-state index is 11.7. The highest BCUT2D eigenvalue weighted by molar-refractivity contribution is 6.41. The number of ether oxygens (including phenoxy) is 2. The summed E-state index contributed by atoms with van der Waals surface area (Å²) in [6.45, 7) is 1.77. The maximum absolute atomic E-state index is 11.7. The third kappa shape index (κ3) is 4.51. The van der Waals surface area contributed by atoms with E-state index in [2.05, 4.69) is 4.74 Å². The number of rotatable bonds is 7. The van der Waals surface area contributed by atoms with Crippen LogP contribution in [0.25, 0.3) is 0 Å². The molecular weight excluding hydrogens is 284 g/mol. The van der Waals surface area contributed by atoms with Crippen molar-refractivity contribution in [2.75, 3.05) is 13.7 Å². The first-order chi connectivity index (χ1) is 9.49. The molecule has 1 aromatic rings. The number of hydrogen-bond donors (Lipinski definition) is 1. The Labute approximate surface area is 122 Å². The predicted octanol–water partition coefficient (Wildman–Crippen LogP) is 1.86. The highest BCUT2D eigenvalue weighted by Gasteiger charge is 2.27. The standard InChI is InChI=1S/C14H17ClO5/c1-3-20-14(18)13(15)12(17)8-11(16)9-4-6-10(19-2)7-5-9/h4-7,11,13,16H,3,8H2,1-2H3. The van der Waals surface area contributed by atoms with E-state index in [0.717, 1.165) is 0 Å². The lowest BCUT2D eigenvalue weighted by Crippen LogP contribution is -2.28. The van der Waals surface area contributed by atoms with Gasteiger partial charge in [0.05, 0.1) is 19.8 Å². The maximum Gasteiger partial charge on any atom is 0.331 e. The minimum Gasteiger partial charge on any atom is -0.497 e. The molecule has 0 aromatic heterocycles. The van der Waals surface area contributed by atoms with E-state index in [1.54, 1.807) is 31.2 Å². The monoisotopic (exact) mass is 300 g/mol. The van der Waals surface area contributed by atoms with Gasteiger partial charge in [0.1, 0.15) is 5.75 Å². The molecule has 0 aliphatic heterocycles. The Morgan fingerprint density at radius 1 is 1.30 bits per heavy atom. The summed E-state index contributed by atoms with van der Waals surface area (Å²) < 4.78 is 9.65. The van der Waals surface area contributed by atoms with Gasteiger partial charge in [0.2, 0.25) is 0 Å². The number of carbonyl (C=O) groups excluding carboxylic acids is 2. The number of halogens is 1. The number of aliphatic hydroxyl groups excluding tert-OH is 1. The number of benzene rings is 1. The molecule has 1 aromatic carbocycles. The Morgan fingerprint density at radius 2 is 1.90 bits per heavy atom. The van der Waals surface area contributed by atoms with Crippen LogP contribution in [0.1, 0.15) is 25.0 Å². The van der Waals surface area contributed by atoms with E-state index < -0.39 is 23.2 Å². The minimum absolute atomic E-state index is 0.149. The van der Waals surface area contributed by atoms with Gasteiger partial charge in [-0.3, -0.25) is 4.79 Å². The highest BCUT2D eigenvalue weighted by Crippen LogP contribution is 2.21. The molecule has 0 radical (unpaired) electrons. The van der Waals surface area contributed by atoms with E-state index in [-0.39, 0.29) is 13.0 Å².